The van der Waals surface area contributed by atoms with Gasteiger partial charge in [-0.25, -0.2) is 18.1 Å². The minimum absolute atomic E-state index is 0.203. The first-order valence-electron chi connectivity index (χ1n) is 8.29. The lowest BCUT2D eigenvalue weighted by atomic mass is 10.0. The number of rotatable bonds is 7. The number of fused-ring (bicyclic) bond motifs is 3. The summed E-state index contributed by atoms with van der Waals surface area (Å²) in [4.78, 5) is 9.38. The zero-order valence-electron chi connectivity index (χ0n) is 14.4. The van der Waals surface area contributed by atoms with Gasteiger partial charge in [-0.2, -0.15) is 0 Å². The summed E-state index contributed by atoms with van der Waals surface area (Å²) in [5, 5.41) is 1.01. The highest BCUT2D eigenvalue weighted by Crippen LogP contribution is 2.30. The van der Waals surface area contributed by atoms with E-state index in [2.05, 4.69) is 16.6 Å². The molecule has 0 aliphatic carbocycles. The molecule has 0 aliphatic heterocycles. The van der Waals surface area contributed by atoms with Crippen LogP contribution >= 0.6 is 0 Å². The summed E-state index contributed by atoms with van der Waals surface area (Å²) in [5.41, 5.74) is 9.41. The number of imidazole rings is 1. The van der Waals surface area contributed by atoms with Gasteiger partial charge in [-0.15, -0.1) is 0 Å². The third-order valence-electron chi connectivity index (χ3n) is 4.26. The van der Waals surface area contributed by atoms with Gasteiger partial charge in [0, 0.05) is 24.4 Å². The van der Waals surface area contributed by atoms with Gasteiger partial charge in [-0.05, 0) is 19.0 Å². The molecule has 0 fully saturated rings. The highest BCUT2D eigenvalue weighted by Gasteiger charge is 2.18. The van der Waals surface area contributed by atoms with Gasteiger partial charge in [-0.1, -0.05) is 25.1 Å². The molecule has 0 aliphatic rings. The number of nitrogens with two attached hydrogens (primary N) is 1. The van der Waals surface area contributed by atoms with Crippen LogP contribution < -0.4 is 10.5 Å². The summed E-state index contributed by atoms with van der Waals surface area (Å²) in [6.07, 6.45) is 3.75. The summed E-state index contributed by atoms with van der Waals surface area (Å²) in [6, 6.07) is 7.94. The van der Waals surface area contributed by atoms with E-state index in [1.54, 1.807) is 6.33 Å². The van der Waals surface area contributed by atoms with Crippen molar-refractivity contribution in [1.29, 1.82) is 0 Å². The summed E-state index contributed by atoms with van der Waals surface area (Å²) < 4.78 is 27.1. The molecule has 0 saturated heterocycles. The Balaban J connectivity index is 2.10. The van der Waals surface area contributed by atoms with E-state index < -0.39 is 10.0 Å². The predicted molar refractivity (Wildman–Crippen MR) is 100.0 cm³/mol. The lowest BCUT2D eigenvalue weighted by Crippen LogP contribution is -2.25. The van der Waals surface area contributed by atoms with Gasteiger partial charge in [0.1, 0.15) is 5.52 Å². The molecule has 0 bridgehead atoms. The zero-order chi connectivity index (χ0) is 18.0. The minimum Gasteiger partial charge on any atom is -0.330 e. The van der Waals surface area contributed by atoms with Crippen LogP contribution in [0.4, 0.5) is 0 Å². The van der Waals surface area contributed by atoms with Crippen molar-refractivity contribution in [3.05, 3.63) is 36.3 Å². The largest absolute Gasteiger partial charge is 0.330 e. The molecule has 0 amide bonds. The van der Waals surface area contributed by atoms with Crippen molar-refractivity contribution in [2.24, 2.45) is 5.73 Å². The van der Waals surface area contributed by atoms with Crippen LogP contribution in [0.15, 0.2) is 30.6 Å². The Morgan fingerprint density at radius 1 is 1.32 bits per heavy atom. The fourth-order valence-electron chi connectivity index (χ4n) is 3.06. The molecule has 0 saturated carbocycles. The van der Waals surface area contributed by atoms with Crippen LogP contribution in [-0.2, 0) is 16.6 Å². The fourth-order valence-corrected chi connectivity index (χ4v) is 3.52. The van der Waals surface area contributed by atoms with Crippen LogP contribution in [0.2, 0.25) is 0 Å². The topological polar surface area (TPSA) is 103 Å². The summed E-state index contributed by atoms with van der Waals surface area (Å²) in [5.74, 6) is 0.203. The molecule has 1 aromatic carbocycles. The highest BCUT2D eigenvalue weighted by atomic mass is 32.2. The summed E-state index contributed by atoms with van der Waals surface area (Å²) in [7, 11) is -3.21. The SMILES string of the molecule is CC(CCN)c1nc2ccccc2c2c1ncn2CCNS(C)(=O)=O. The molecule has 3 rings (SSSR count). The van der Waals surface area contributed by atoms with Crippen LogP contribution in [0.1, 0.15) is 25.0 Å². The van der Waals surface area contributed by atoms with Crippen molar-refractivity contribution >= 4 is 32.0 Å². The van der Waals surface area contributed by atoms with Crippen molar-refractivity contribution < 1.29 is 8.42 Å². The molecule has 8 heteroatoms. The molecule has 25 heavy (non-hydrogen) atoms. The minimum atomic E-state index is -3.21. The molecule has 134 valence electrons. The second-order valence-electron chi connectivity index (χ2n) is 6.29. The Labute approximate surface area is 147 Å². The molecule has 3 N–H and O–H groups in total. The Bertz CT molecular complexity index is 997. The maximum Gasteiger partial charge on any atom is 0.208 e. The van der Waals surface area contributed by atoms with E-state index in [1.165, 1.54) is 0 Å². The van der Waals surface area contributed by atoms with Crippen LogP contribution in [-0.4, -0.2) is 42.3 Å². The number of nitrogens with zero attached hydrogens (tertiary/aromatic N) is 3. The van der Waals surface area contributed by atoms with Crippen molar-refractivity contribution in [2.75, 3.05) is 19.3 Å². The molecule has 1 atom stereocenters. The van der Waals surface area contributed by atoms with E-state index in [4.69, 9.17) is 10.7 Å². The second kappa shape index (κ2) is 7.07. The van der Waals surface area contributed by atoms with Crippen molar-refractivity contribution in [1.82, 2.24) is 19.3 Å². The zero-order valence-corrected chi connectivity index (χ0v) is 15.3. The van der Waals surface area contributed by atoms with Crippen LogP contribution in [0.3, 0.4) is 0 Å². The number of para-hydroxylation sites is 1. The first-order chi connectivity index (χ1) is 11.9. The Hall–Kier alpha value is -2.03. The fraction of sp³-hybridized carbons (Fsp3) is 0.412. The van der Waals surface area contributed by atoms with Crippen molar-refractivity contribution in [3.8, 4) is 0 Å². The third kappa shape index (κ3) is 3.81. The van der Waals surface area contributed by atoms with Gasteiger partial charge < -0.3 is 10.3 Å². The van der Waals surface area contributed by atoms with Gasteiger partial charge in [0.15, 0.2) is 0 Å². The quantitative estimate of drug-likeness (QED) is 0.665. The number of hydrogen-bond acceptors (Lipinski definition) is 5. The molecule has 0 radical (unpaired) electrons. The van der Waals surface area contributed by atoms with Crippen LogP contribution in [0, 0.1) is 0 Å². The van der Waals surface area contributed by atoms with Gasteiger partial charge in [-0.3, -0.25) is 4.98 Å². The number of aromatic nitrogens is 3. The van der Waals surface area contributed by atoms with E-state index in [1.807, 2.05) is 28.8 Å². The average molecular weight is 361 g/mol. The van der Waals surface area contributed by atoms with E-state index in [0.717, 1.165) is 40.3 Å². The van der Waals surface area contributed by atoms with Gasteiger partial charge in [0.05, 0.1) is 29.3 Å². The molecule has 1 unspecified atom stereocenters. The average Bonchev–Trinajstić information content (AvgIpc) is 2.97. The second-order valence-corrected chi connectivity index (χ2v) is 8.13. The van der Waals surface area contributed by atoms with Gasteiger partial charge in [0.25, 0.3) is 0 Å². The first kappa shape index (κ1) is 17.8. The standard InChI is InChI=1S/C17H23N5O2S/c1-12(7-8-18)15-16-17(13-5-3-4-6-14(13)21-15)22(11-19-16)10-9-20-25(2,23)24/h3-6,11-12,20H,7-10,18H2,1-2H3. The predicted octanol–water partition coefficient (Wildman–Crippen LogP) is 1.59. The molecule has 2 aromatic heterocycles. The Morgan fingerprint density at radius 2 is 2.08 bits per heavy atom. The molecular formula is C17H23N5O2S. The normalized spacial score (nSPS) is 13.6. The van der Waals surface area contributed by atoms with Gasteiger partial charge >= 0.3 is 0 Å². The molecule has 2 heterocycles. The maximum atomic E-state index is 11.3. The molecule has 3 aromatic rings. The lowest BCUT2D eigenvalue weighted by Gasteiger charge is -2.13. The van der Waals surface area contributed by atoms with Crippen LogP contribution in [0.25, 0.3) is 21.9 Å². The highest BCUT2D eigenvalue weighted by molar-refractivity contribution is 7.88. The number of pyridine rings is 1. The van der Waals surface area contributed by atoms with Crippen molar-refractivity contribution in [2.45, 2.75) is 25.8 Å². The first-order valence-corrected chi connectivity index (χ1v) is 10.2. The van der Waals surface area contributed by atoms with E-state index in [-0.39, 0.29) is 5.92 Å². The Kier molecular flexibility index (Phi) is 5.03. The molecule has 0 spiro atoms. The third-order valence-corrected chi connectivity index (χ3v) is 4.99. The molecule has 7 nitrogen and oxygen atoms in total. The smallest absolute Gasteiger partial charge is 0.208 e. The summed E-state index contributed by atoms with van der Waals surface area (Å²) in [6.45, 7) is 3.51. The number of sulfonamides is 1. The van der Waals surface area contributed by atoms with E-state index in [0.29, 0.717) is 19.6 Å². The number of nitrogens with one attached hydrogen (secondary N) is 1. The van der Waals surface area contributed by atoms with Gasteiger partial charge in [0.2, 0.25) is 10.0 Å². The number of benzene rings is 1. The Morgan fingerprint density at radius 3 is 2.80 bits per heavy atom. The van der Waals surface area contributed by atoms with Crippen molar-refractivity contribution in [3.63, 3.8) is 0 Å². The monoisotopic (exact) mass is 361 g/mol. The van der Waals surface area contributed by atoms with E-state index in [9.17, 15) is 8.42 Å². The number of hydrogen-bond donors (Lipinski definition) is 2. The lowest BCUT2D eigenvalue weighted by molar-refractivity contribution is 0.580. The summed E-state index contributed by atoms with van der Waals surface area (Å²) >= 11 is 0. The molecular weight excluding hydrogens is 338 g/mol. The maximum absolute atomic E-state index is 11.3. The van der Waals surface area contributed by atoms with E-state index >= 15 is 0 Å². The van der Waals surface area contributed by atoms with Crippen LogP contribution in [0.5, 0.6) is 0 Å².